The Morgan fingerprint density at radius 2 is 2.22 bits per heavy atom. The highest BCUT2D eigenvalue weighted by Gasteiger charge is 2.45. The Morgan fingerprint density at radius 1 is 1.44 bits per heavy atom. The fourth-order valence-electron chi connectivity index (χ4n) is 2.27. The molecule has 18 heavy (non-hydrogen) atoms. The van der Waals surface area contributed by atoms with Crippen LogP contribution in [0.15, 0.2) is 0 Å². The van der Waals surface area contributed by atoms with Crippen LogP contribution >= 0.6 is 0 Å². The molecule has 2 rings (SSSR count). The standard InChI is InChI=1S/C11H18N2O5/c12-5-7-1-2-8(18-7)9(14)13-11(10(15)16)3-4-17-6-11/h7-8H,1-6,12H2,(H,13,14)(H,15,16). The molecule has 0 aromatic carbocycles. The molecule has 0 spiro atoms. The van der Waals surface area contributed by atoms with E-state index in [1.54, 1.807) is 0 Å². The van der Waals surface area contributed by atoms with E-state index in [1.807, 2.05) is 0 Å². The summed E-state index contributed by atoms with van der Waals surface area (Å²) in [5.74, 6) is -1.46. The van der Waals surface area contributed by atoms with Crippen molar-refractivity contribution in [2.75, 3.05) is 19.8 Å². The van der Waals surface area contributed by atoms with Gasteiger partial charge in [0, 0.05) is 19.6 Å². The number of nitrogens with two attached hydrogens (primary N) is 1. The van der Waals surface area contributed by atoms with E-state index in [4.69, 9.17) is 15.2 Å². The first-order chi connectivity index (χ1) is 8.57. The summed E-state index contributed by atoms with van der Waals surface area (Å²) < 4.78 is 10.5. The van der Waals surface area contributed by atoms with E-state index in [0.29, 0.717) is 19.6 Å². The first-order valence-corrected chi connectivity index (χ1v) is 6.06. The Balaban J connectivity index is 1.96. The molecule has 4 N–H and O–H groups in total. The van der Waals surface area contributed by atoms with Crippen LogP contribution in [0.2, 0.25) is 0 Å². The third-order valence-corrected chi connectivity index (χ3v) is 3.46. The molecule has 2 fully saturated rings. The first kappa shape index (κ1) is 13.3. The molecule has 3 unspecified atom stereocenters. The quantitative estimate of drug-likeness (QED) is 0.587. The highest BCUT2D eigenvalue weighted by Crippen LogP contribution is 2.23. The van der Waals surface area contributed by atoms with Gasteiger partial charge in [-0.2, -0.15) is 0 Å². The molecule has 3 atom stereocenters. The van der Waals surface area contributed by atoms with Crippen LogP contribution in [0, 0.1) is 0 Å². The average Bonchev–Trinajstić information content (AvgIpc) is 2.97. The Labute approximate surface area is 105 Å². The molecule has 102 valence electrons. The van der Waals surface area contributed by atoms with Gasteiger partial charge < -0.3 is 25.6 Å². The molecule has 7 heteroatoms. The summed E-state index contributed by atoms with van der Waals surface area (Å²) in [6.45, 7) is 0.710. The van der Waals surface area contributed by atoms with E-state index in [0.717, 1.165) is 6.42 Å². The summed E-state index contributed by atoms with van der Waals surface area (Å²) in [5, 5.41) is 11.7. The summed E-state index contributed by atoms with van der Waals surface area (Å²) in [6.07, 6.45) is 0.869. The molecule has 2 heterocycles. The monoisotopic (exact) mass is 258 g/mol. The predicted octanol–water partition coefficient (Wildman–Crippen LogP) is -1.15. The van der Waals surface area contributed by atoms with Crippen molar-refractivity contribution in [2.45, 2.75) is 37.0 Å². The van der Waals surface area contributed by atoms with Gasteiger partial charge in [-0.05, 0) is 12.8 Å². The van der Waals surface area contributed by atoms with Crippen LogP contribution in [0.4, 0.5) is 0 Å². The lowest BCUT2D eigenvalue weighted by molar-refractivity contribution is -0.149. The van der Waals surface area contributed by atoms with Crippen LogP contribution in [-0.2, 0) is 19.1 Å². The largest absolute Gasteiger partial charge is 0.479 e. The maximum Gasteiger partial charge on any atom is 0.331 e. The zero-order valence-corrected chi connectivity index (χ0v) is 10.1. The summed E-state index contributed by atoms with van der Waals surface area (Å²) in [7, 11) is 0. The van der Waals surface area contributed by atoms with Crippen molar-refractivity contribution in [3.63, 3.8) is 0 Å². The van der Waals surface area contributed by atoms with Gasteiger partial charge in [-0.25, -0.2) is 4.79 Å². The molecule has 0 aromatic rings. The van der Waals surface area contributed by atoms with Gasteiger partial charge in [0.05, 0.1) is 12.7 Å². The van der Waals surface area contributed by atoms with E-state index in [9.17, 15) is 14.7 Å². The predicted molar refractivity (Wildman–Crippen MR) is 60.9 cm³/mol. The zero-order chi connectivity index (χ0) is 13.2. The molecule has 0 radical (unpaired) electrons. The number of hydrogen-bond donors (Lipinski definition) is 3. The van der Waals surface area contributed by atoms with Gasteiger partial charge in [0.2, 0.25) is 5.91 Å². The van der Waals surface area contributed by atoms with Crippen LogP contribution < -0.4 is 11.1 Å². The van der Waals surface area contributed by atoms with Crippen LogP contribution in [0.1, 0.15) is 19.3 Å². The summed E-state index contributed by atoms with van der Waals surface area (Å²) in [5.41, 5.74) is 4.16. The van der Waals surface area contributed by atoms with E-state index in [2.05, 4.69) is 5.32 Å². The number of nitrogens with one attached hydrogen (secondary N) is 1. The van der Waals surface area contributed by atoms with E-state index in [-0.39, 0.29) is 25.0 Å². The minimum atomic E-state index is -1.30. The van der Waals surface area contributed by atoms with Crippen molar-refractivity contribution in [2.24, 2.45) is 5.73 Å². The molecule has 1 amide bonds. The molecule has 0 aromatic heterocycles. The van der Waals surface area contributed by atoms with Gasteiger partial charge in [-0.1, -0.05) is 0 Å². The third-order valence-electron chi connectivity index (χ3n) is 3.46. The second-order valence-electron chi connectivity index (χ2n) is 4.74. The van der Waals surface area contributed by atoms with Crippen molar-refractivity contribution in [1.82, 2.24) is 5.32 Å². The molecule has 0 aliphatic carbocycles. The Bertz CT molecular complexity index is 340. The fraction of sp³-hybridized carbons (Fsp3) is 0.818. The fourth-order valence-corrected chi connectivity index (χ4v) is 2.27. The van der Waals surface area contributed by atoms with E-state index in [1.165, 1.54) is 0 Å². The van der Waals surface area contributed by atoms with Crippen molar-refractivity contribution in [3.05, 3.63) is 0 Å². The molecule has 2 saturated heterocycles. The normalized spacial score (nSPS) is 35.6. The van der Waals surface area contributed by atoms with Gasteiger partial charge in [-0.15, -0.1) is 0 Å². The van der Waals surface area contributed by atoms with Crippen LogP contribution in [-0.4, -0.2) is 54.5 Å². The van der Waals surface area contributed by atoms with E-state index < -0.39 is 17.6 Å². The van der Waals surface area contributed by atoms with Crippen LogP contribution in [0.5, 0.6) is 0 Å². The minimum Gasteiger partial charge on any atom is -0.479 e. The Morgan fingerprint density at radius 3 is 2.72 bits per heavy atom. The number of carbonyl (C=O) groups excluding carboxylic acids is 1. The number of carboxylic acids is 1. The van der Waals surface area contributed by atoms with E-state index >= 15 is 0 Å². The van der Waals surface area contributed by atoms with Crippen molar-refractivity contribution in [3.8, 4) is 0 Å². The van der Waals surface area contributed by atoms with Gasteiger partial charge in [0.15, 0.2) is 5.54 Å². The Hall–Kier alpha value is -1.18. The third kappa shape index (κ3) is 2.47. The Kier molecular flexibility index (Phi) is 3.84. The second-order valence-corrected chi connectivity index (χ2v) is 4.74. The van der Waals surface area contributed by atoms with Crippen LogP contribution in [0.3, 0.4) is 0 Å². The smallest absolute Gasteiger partial charge is 0.331 e. The number of carbonyl (C=O) groups is 2. The maximum atomic E-state index is 12.0. The lowest BCUT2D eigenvalue weighted by Crippen LogP contribution is -2.57. The highest BCUT2D eigenvalue weighted by atomic mass is 16.5. The molecule has 0 saturated carbocycles. The zero-order valence-electron chi connectivity index (χ0n) is 10.1. The lowest BCUT2D eigenvalue weighted by atomic mass is 9.98. The molecular formula is C11H18N2O5. The first-order valence-electron chi connectivity index (χ1n) is 6.06. The number of carboxylic acid groups (broad SMARTS) is 1. The SMILES string of the molecule is NCC1CCC(C(=O)NC2(C(=O)O)CCOC2)O1. The molecule has 2 aliphatic rings. The summed E-state index contributed by atoms with van der Waals surface area (Å²) >= 11 is 0. The van der Waals surface area contributed by atoms with Crippen molar-refractivity contribution < 1.29 is 24.2 Å². The maximum absolute atomic E-state index is 12.0. The van der Waals surface area contributed by atoms with Gasteiger partial charge in [-0.3, -0.25) is 4.79 Å². The average molecular weight is 258 g/mol. The second kappa shape index (κ2) is 5.21. The number of hydrogen-bond acceptors (Lipinski definition) is 5. The van der Waals surface area contributed by atoms with Crippen molar-refractivity contribution >= 4 is 11.9 Å². The molecule has 7 nitrogen and oxygen atoms in total. The van der Waals surface area contributed by atoms with Crippen molar-refractivity contribution in [1.29, 1.82) is 0 Å². The number of ether oxygens (including phenoxy) is 2. The van der Waals surface area contributed by atoms with Gasteiger partial charge >= 0.3 is 5.97 Å². The molecule has 2 aliphatic heterocycles. The number of rotatable bonds is 4. The lowest BCUT2D eigenvalue weighted by Gasteiger charge is -2.25. The van der Waals surface area contributed by atoms with Gasteiger partial charge in [0.25, 0.3) is 0 Å². The number of aliphatic carboxylic acids is 1. The van der Waals surface area contributed by atoms with Crippen LogP contribution in [0.25, 0.3) is 0 Å². The summed E-state index contributed by atoms with van der Waals surface area (Å²) in [6, 6.07) is 0. The minimum absolute atomic E-state index is 0.00110. The highest BCUT2D eigenvalue weighted by molar-refractivity contribution is 5.89. The number of amides is 1. The molecular weight excluding hydrogens is 240 g/mol. The summed E-state index contributed by atoms with van der Waals surface area (Å²) in [4.78, 5) is 23.2. The molecule has 0 bridgehead atoms. The van der Waals surface area contributed by atoms with Gasteiger partial charge in [0.1, 0.15) is 6.10 Å². The topological polar surface area (TPSA) is 111 Å².